The van der Waals surface area contributed by atoms with Gasteiger partial charge in [-0.1, -0.05) is 0 Å². The van der Waals surface area contributed by atoms with Crippen molar-refractivity contribution in [3.05, 3.63) is 46.4 Å². The Kier molecular flexibility index (Phi) is 4.48. The molecular formula is C16H12F6N4O. The molecule has 0 fully saturated rings. The molecule has 5 nitrogen and oxygen atoms in total. The molecule has 0 spiro atoms. The molecule has 0 bridgehead atoms. The summed E-state index contributed by atoms with van der Waals surface area (Å²) in [6.07, 6.45) is -10.2. The first-order chi connectivity index (χ1) is 12.5. The minimum Gasteiger partial charge on any atom is -0.480 e. The lowest BCUT2D eigenvalue weighted by molar-refractivity contribution is -0.143. The zero-order valence-corrected chi connectivity index (χ0v) is 14.0. The third kappa shape index (κ3) is 3.96. The monoisotopic (exact) mass is 390 g/mol. The number of hydrogen-bond donors (Lipinski definition) is 1. The van der Waals surface area contributed by atoms with Crippen molar-refractivity contribution >= 4 is 11.3 Å². The van der Waals surface area contributed by atoms with E-state index < -0.39 is 23.5 Å². The van der Waals surface area contributed by atoms with Gasteiger partial charge < -0.3 is 9.72 Å². The second kappa shape index (κ2) is 6.39. The standard InChI is InChI=1S/C16H12F6N4O/c1-7-23-12-13(24-7)26-14(27-2)11(25-12)5-8-3-9(15(17,18)19)6-10(4-8)16(20,21)22/h3-4,6H,5H2,1-2H3,(H,23,24,25,26). The summed E-state index contributed by atoms with van der Waals surface area (Å²) >= 11 is 0. The first-order valence-electron chi connectivity index (χ1n) is 7.53. The second-order valence-corrected chi connectivity index (χ2v) is 5.76. The highest BCUT2D eigenvalue weighted by atomic mass is 19.4. The van der Waals surface area contributed by atoms with Crippen molar-refractivity contribution in [2.45, 2.75) is 25.7 Å². The summed E-state index contributed by atoms with van der Waals surface area (Å²) in [5, 5.41) is 0. The van der Waals surface area contributed by atoms with Gasteiger partial charge in [0.25, 0.3) is 0 Å². The van der Waals surface area contributed by atoms with Crippen LogP contribution in [0.1, 0.15) is 28.2 Å². The van der Waals surface area contributed by atoms with Crippen LogP contribution >= 0.6 is 0 Å². The number of imidazole rings is 1. The fraction of sp³-hybridized carbons (Fsp3) is 0.312. The van der Waals surface area contributed by atoms with Gasteiger partial charge in [-0.3, -0.25) is 0 Å². The number of ether oxygens (including phenoxy) is 1. The molecule has 0 unspecified atom stereocenters. The molecule has 0 aliphatic heterocycles. The van der Waals surface area contributed by atoms with E-state index in [1.807, 2.05) is 0 Å². The Morgan fingerprint density at radius 2 is 1.52 bits per heavy atom. The number of nitrogens with zero attached hydrogens (tertiary/aromatic N) is 3. The summed E-state index contributed by atoms with van der Waals surface area (Å²) in [6.45, 7) is 1.65. The van der Waals surface area contributed by atoms with Crippen LogP contribution < -0.4 is 4.74 Å². The van der Waals surface area contributed by atoms with Gasteiger partial charge in [-0.2, -0.15) is 31.3 Å². The summed E-state index contributed by atoms with van der Waals surface area (Å²) in [5.41, 5.74) is -2.43. The lowest BCUT2D eigenvalue weighted by Crippen LogP contribution is -2.12. The molecule has 144 valence electrons. The molecule has 0 aliphatic rings. The number of aromatic amines is 1. The number of halogens is 6. The number of hydrogen-bond acceptors (Lipinski definition) is 4. The predicted octanol–water partition coefficient (Wildman–Crippen LogP) is 4.30. The molecule has 11 heteroatoms. The van der Waals surface area contributed by atoms with Crippen LogP contribution in [0.3, 0.4) is 0 Å². The molecule has 1 N–H and O–H groups in total. The summed E-state index contributed by atoms with van der Waals surface area (Å²) in [6, 6.07) is 1.38. The van der Waals surface area contributed by atoms with Crippen LogP contribution in [0.15, 0.2) is 18.2 Å². The fourth-order valence-electron chi connectivity index (χ4n) is 2.56. The molecule has 1 aromatic carbocycles. The maximum atomic E-state index is 13.0. The molecule has 0 radical (unpaired) electrons. The van der Waals surface area contributed by atoms with Crippen LogP contribution in [0.4, 0.5) is 26.3 Å². The highest BCUT2D eigenvalue weighted by molar-refractivity contribution is 5.66. The highest BCUT2D eigenvalue weighted by Crippen LogP contribution is 2.37. The minimum absolute atomic E-state index is 0.0278. The van der Waals surface area contributed by atoms with Gasteiger partial charge in [-0.25, -0.2) is 9.97 Å². The van der Waals surface area contributed by atoms with Crippen molar-refractivity contribution in [3.8, 4) is 5.88 Å². The van der Waals surface area contributed by atoms with Crippen LogP contribution in [0.2, 0.25) is 0 Å². The minimum atomic E-state index is -4.92. The summed E-state index contributed by atoms with van der Waals surface area (Å²) in [7, 11) is 1.27. The summed E-state index contributed by atoms with van der Waals surface area (Å²) < 4.78 is 83.0. The zero-order valence-electron chi connectivity index (χ0n) is 14.0. The van der Waals surface area contributed by atoms with Gasteiger partial charge >= 0.3 is 12.4 Å². The van der Waals surface area contributed by atoms with Gasteiger partial charge in [0, 0.05) is 6.42 Å². The van der Waals surface area contributed by atoms with Crippen LogP contribution in [-0.4, -0.2) is 27.0 Å². The number of rotatable bonds is 3. The quantitative estimate of drug-likeness (QED) is 0.678. The Balaban J connectivity index is 2.10. The van der Waals surface area contributed by atoms with E-state index in [2.05, 4.69) is 19.9 Å². The van der Waals surface area contributed by atoms with Gasteiger partial charge in [-0.15, -0.1) is 0 Å². The number of aromatic nitrogens is 4. The maximum absolute atomic E-state index is 13.0. The number of methoxy groups -OCH3 is 1. The van der Waals surface area contributed by atoms with E-state index in [1.54, 1.807) is 6.92 Å². The summed E-state index contributed by atoms with van der Waals surface area (Å²) in [4.78, 5) is 15.1. The van der Waals surface area contributed by atoms with Crippen molar-refractivity contribution in [2.75, 3.05) is 7.11 Å². The first kappa shape index (κ1) is 18.9. The largest absolute Gasteiger partial charge is 0.480 e. The van der Waals surface area contributed by atoms with Gasteiger partial charge in [0.2, 0.25) is 11.5 Å². The maximum Gasteiger partial charge on any atom is 0.416 e. The normalized spacial score (nSPS) is 12.6. The number of alkyl halides is 6. The summed E-state index contributed by atoms with van der Waals surface area (Å²) in [5.74, 6) is 0.475. The Morgan fingerprint density at radius 1 is 0.926 bits per heavy atom. The van der Waals surface area contributed by atoms with Crippen LogP contribution in [0, 0.1) is 6.92 Å². The van der Waals surface area contributed by atoms with Gasteiger partial charge in [0.15, 0.2) is 5.65 Å². The molecule has 2 heterocycles. The number of benzene rings is 1. The molecule has 2 aromatic heterocycles. The van der Waals surface area contributed by atoms with Crippen molar-refractivity contribution in [2.24, 2.45) is 0 Å². The fourth-order valence-corrected chi connectivity index (χ4v) is 2.56. The van der Waals surface area contributed by atoms with Gasteiger partial charge in [0.1, 0.15) is 11.5 Å². The first-order valence-corrected chi connectivity index (χ1v) is 7.53. The highest BCUT2D eigenvalue weighted by Gasteiger charge is 2.37. The number of H-pyrrole nitrogens is 1. The molecular weight excluding hydrogens is 378 g/mol. The Hall–Kier alpha value is -2.85. The van der Waals surface area contributed by atoms with Crippen molar-refractivity contribution in [3.63, 3.8) is 0 Å². The molecule has 0 atom stereocenters. The molecule has 0 aliphatic carbocycles. The Morgan fingerprint density at radius 3 is 2.04 bits per heavy atom. The lowest BCUT2D eigenvalue weighted by Gasteiger charge is -2.14. The van der Waals surface area contributed by atoms with Crippen molar-refractivity contribution < 1.29 is 31.1 Å². The van der Waals surface area contributed by atoms with E-state index in [0.717, 1.165) is 0 Å². The number of aryl methyl sites for hydroxylation is 1. The SMILES string of the molecule is COc1nc2nc(C)[nH]c2nc1Cc1cc(C(F)(F)F)cc(C(F)(F)F)c1. The van der Waals surface area contributed by atoms with E-state index in [9.17, 15) is 26.3 Å². The molecule has 0 saturated heterocycles. The topological polar surface area (TPSA) is 63.7 Å². The van der Waals surface area contributed by atoms with E-state index >= 15 is 0 Å². The Bertz CT molecular complexity index is 961. The van der Waals surface area contributed by atoms with Gasteiger partial charge in [0.05, 0.1) is 18.2 Å². The van der Waals surface area contributed by atoms with E-state index in [0.29, 0.717) is 18.0 Å². The molecule has 3 aromatic rings. The number of fused-ring (bicyclic) bond motifs is 1. The smallest absolute Gasteiger partial charge is 0.416 e. The third-order valence-electron chi connectivity index (χ3n) is 3.70. The predicted molar refractivity (Wildman–Crippen MR) is 82.2 cm³/mol. The van der Waals surface area contributed by atoms with Crippen LogP contribution in [0.25, 0.3) is 11.3 Å². The van der Waals surface area contributed by atoms with E-state index in [4.69, 9.17) is 4.74 Å². The molecule has 0 amide bonds. The average Bonchev–Trinajstić information content (AvgIpc) is 2.91. The average molecular weight is 390 g/mol. The second-order valence-electron chi connectivity index (χ2n) is 5.76. The van der Waals surface area contributed by atoms with Crippen LogP contribution in [0.5, 0.6) is 5.88 Å². The van der Waals surface area contributed by atoms with Crippen molar-refractivity contribution in [1.29, 1.82) is 0 Å². The van der Waals surface area contributed by atoms with Crippen LogP contribution in [-0.2, 0) is 18.8 Å². The Labute approximate surface area is 148 Å². The van der Waals surface area contributed by atoms with E-state index in [1.165, 1.54) is 7.11 Å². The lowest BCUT2D eigenvalue weighted by atomic mass is 10.0. The number of nitrogens with one attached hydrogen (secondary N) is 1. The molecule has 27 heavy (non-hydrogen) atoms. The van der Waals surface area contributed by atoms with E-state index in [-0.39, 0.29) is 40.9 Å². The third-order valence-corrected chi connectivity index (χ3v) is 3.70. The molecule has 3 rings (SSSR count). The van der Waals surface area contributed by atoms with Crippen molar-refractivity contribution in [1.82, 2.24) is 19.9 Å². The zero-order chi connectivity index (χ0) is 20.0. The molecule has 0 saturated carbocycles. The van der Waals surface area contributed by atoms with Gasteiger partial charge in [-0.05, 0) is 30.7 Å².